The maximum atomic E-state index is 12.4. The first-order valence-corrected chi connectivity index (χ1v) is 8.10. The summed E-state index contributed by atoms with van der Waals surface area (Å²) in [4.78, 5) is 23.0. The van der Waals surface area contributed by atoms with Gasteiger partial charge in [-0.15, -0.1) is 0 Å². The number of amides is 1. The lowest BCUT2D eigenvalue weighted by molar-refractivity contribution is 0.0911. The van der Waals surface area contributed by atoms with Gasteiger partial charge in [0.25, 0.3) is 5.91 Å². The van der Waals surface area contributed by atoms with Crippen LogP contribution >= 0.6 is 11.6 Å². The lowest BCUT2D eigenvalue weighted by atomic mass is 10.0. The van der Waals surface area contributed by atoms with E-state index in [9.17, 15) is 4.79 Å². The van der Waals surface area contributed by atoms with E-state index in [0.717, 1.165) is 25.9 Å². The van der Waals surface area contributed by atoms with Gasteiger partial charge in [-0.25, -0.2) is 9.97 Å². The topological polar surface area (TPSA) is 78.3 Å². The van der Waals surface area contributed by atoms with Crippen molar-refractivity contribution in [2.45, 2.75) is 39.2 Å². The highest BCUT2D eigenvalue weighted by Gasteiger charge is 2.22. The van der Waals surface area contributed by atoms with E-state index in [1.54, 1.807) is 0 Å². The molecule has 22 heavy (non-hydrogen) atoms. The molecular formula is C15H23ClN4O2. The molecule has 1 saturated heterocycles. The molecule has 1 unspecified atom stereocenters. The quantitative estimate of drug-likeness (QED) is 0.834. The summed E-state index contributed by atoms with van der Waals surface area (Å²) in [5.74, 6) is 0.449. The molecule has 0 aliphatic carbocycles. The number of carbonyl (C=O) groups is 1. The number of nitrogens with zero attached hydrogens (tertiary/aromatic N) is 3. The molecule has 122 valence electrons. The number of nitrogens with one attached hydrogen (secondary N) is 1. The largest absolute Gasteiger partial charge is 0.396 e. The minimum absolute atomic E-state index is 0.0274. The summed E-state index contributed by atoms with van der Waals surface area (Å²) in [6.45, 7) is 5.83. The Morgan fingerprint density at radius 3 is 2.73 bits per heavy atom. The third-order valence-corrected chi connectivity index (χ3v) is 4.17. The molecule has 7 heteroatoms. The summed E-state index contributed by atoms with van der Waals surface area (Å²) < 4.78 is 0. The van der Waals surface area contributed by atoms with Crippen LogP contribution in [0.1, 0.15) is 43.6 Å². The molecule has 0 bridgehead atoms. The number of hydrogen-bond donors (Lipinski definition) is 2. The molecule has 2 heterocycles. The Kier molecular flexibility index (Phi) is 5.97. The highest BCUT2D eigenvalue weighted by Crippen LogP contribution is 2.20. The lowest BCUT2D eigenvalue weighted by Crippen LogP contribution is -2.39. The Morgan fingerprint density at radius 2 is 2.14 bits per heavy atom. The zero-order chi connectivity index (χ0) is 16.1. The first-order valence-electron chi connectivity index (χ1n) is 7.72. The van der Waals surface area contributed by atoms with E-state index in [2.05, 4.69) is 20.2 Å². The number of anilines is 1. The molecule has 1 aromatic rings. The van der Waals surface area contributed by atoms with Crippen LogP contribution in [-0.4, -0.2) is 46.7 Å². The second-order valence-corrected chi connectivity index (χ2v) is 6.30. The number of hydrogen-bond acceptors (Lipinski definition) is 5. The number of carbonyl (C=O) groups excluding carboxylic acids is 1. The van der Waals surface area contributed by atoms with Crippen LogP contribution in [0.25, 0.3) is 0 Å². The van der Waals surface area contributed by atoms with Gasteiger partial charge in [0.2, 0.25) is 5.95 Å². The van der Waals surface area contributed by atoms with Gasteiger partial charge in [0.05, 0.1) is 11.2 Å². The maximum absolute atomic E-state index is 12.4. The molecule has 1 amide bonds. The van der Waals surface area contributed by atoms with E-state index >= 15 is 0 Å². The van der Waals surface area contributed by atoms with Crippen molar-refractivity contribution in [2.24, 2.45) is 5.92 Å². The molecule has 6 nitrogen and oxygen atoms in total. The van der Waals surface area contributed by atoms with Gasteiger partial charge in [0, 0.05) is 25.7 Å². The lowest BCUT2D eigenvalue weighted by Gasteiger charge is -2.22. The molecule has 0 spiro atoms. The third kappa shape index (κ3) is 4.08. The average molecular weight is 327 g/mol. The number of rotatable bonds is 6. The van der Waals surface area contributed by atoms with Crippen LogP contribution in [0.4, 0.5) is 5.95 Å². The number of aliphatic hydroxyl groups excluding tert-OH is 1. The molecule has 1 fully saturated rings. The summed E-state index contributed by atoms with van der Waals surface area (Å²) in [7, 11) is 0. The van der Waals surface area contributed by atoms with E-state index in [4.69, 9.17) is 16.7 Å². The Bertz CT molecular complexity index is 518. The van der Waals surface area contributed by atoms with Crippen LogP contribution in [-0.2, 0) is 0 Å². The standard InChI is InChI=1S/C15H23ClN4O2/c1-10(2)12(5-8-21)18-14(22)13-11(16)9-17-15(19-13)20-6-3-4-7-20/h9-10,12,21H,3-8H2,1-2H3,(H,18,22). The van der Waals surface area contributed by atoms with Gasteiger partial charge in [0.1, 0.15) is 0 Å². The first-order chi connectivity index (χ1) is 10.5. The van der Waals surface area contributed by atoms with Gasteiger partial charge in [0.15, 0.2) is 5.69 Å². The molecule has 0 saturated carbocycles. The van der Waals surface area contributed by atoms with Crippen molar-refractivity contribution in [3.8, 4) is 0 Å². The molecular weight excluding hydrogens is 304 g/mol. The molecule has 0 radical (unpaired) electrons. The van der Waals surface area contributed by atoms with Gasteiger partial charge in [-0.1, -0.05) is 25.4 Å². The van der Waals surface area contributed by atoms with Crippen LogP contribution in [0.15, 0.2) is 6.20 Å². The van der Waals surface area contributed by atoms with E-state index < -0.39 is 0 Å². The van der Waals surface area contributed by atoms with Crippen LogP contribution in [0, 0.1) is 5.92 Å². The normalized spacial score (nSPS) is 16.1. The molecule has 2 N–H and O–H groups in total. The van der Waals surface area contributed by atoms with Gasteiger partial charge in [-0.05, 0) is 25.2 Å². The second-order valence-electron chi connectivity index (χ2n) is 5.90. The molecule has 1 atom stereocenters. The zero-order valence-electron chi connectivity index (χ0n) is 13.0. The number of aliphatic hydroxyl groups is 1. The summed E-state index contributed by atoms with van der Waals surface area (Å²) in [6.07, 6.45) is 4.21. The fourth-order valence-corrected chi connectivity index (χ4v) is 2.71. The predicted molar refractivity (Wildman–Crippen MR) is 86.3 cm³/mol. The summed E-state index contributed by atoms with van der Waals surface area (Å²) in [5, 5.41) is 12.2. The van der Waals surface area contributed by atoms with Crippen molar-refractivity contribution in [1.82, 2.24) is 15.3 Å². The van der Waals surface area contributed by atoms with Gasteiger partial charge < -0.3 is 15.3 Å². The minimum Gasteiger partial charge on any atom is -0.396 e. The Balaban J connectivity index is 2.15. The second kappa shape index (κ2) is 7.74. The fourth-order valence-electron chi connectivity index (χ4n) is 2.53. The van der Waals surface area contributed by atoms with Gasteiger partial charge in [-0.2, -0.15) is 0 Å². The van der Waals surface area contributed by atoms with Crippen LogP contribution in [0.2, 0.25) is 5.02 Å². The predicted octanol–water partition coefficient (Wildman–Crippen LogP) is 1.87. The average Bonchev–Trinajstić information content (AvgIpc) is 3.01. The van der Waals surface area contributed by atoms with E-state index in [0.29, 0.717) is 12.4 Å². The summed E-state index contributed by atoms with van der Waals surface area (Å²) >= 11 is 6.08. The van der Waals surface area contributed by atoms with Crippen molar-refractivity contribution in [2.75, 3.05) is 24.6 Å². The highest BCUT2D eigenvalue weighted by atomic mass is 35.5. The Hall–Kier alpha value is -1.40. The fraction of sp³-hybridized carbons (Fsp3) is 0.667. The molecule has 1 aliphatic heterocycles. The Labute approximate surface area is 135 Å². The van der Waals surface area contributed by atoms with Gasteiger partial charge >= 0.3 is 0 Å². The van der Waals surface area contributed by atoms with E-state index in [1.165, 1.54) is 6.20 Å². The highest BCUT2D eigenvalue weighted by molar-refractivity contribution is 6.33. The zero-order valence-corrected chi connectivity index (χ0v) is 13.8. The van der Waals surface area contributed by atoms with Crippen molar-refractivity contribution in [3.05, 3.63) is 16.9 Å². The van der Waals surface area contributed by atoms with E-state index in [1.807, 2.05) is 13.8 Å². The molecule has 1 aromatic heterocycles. The first kappa shape index (κ1) is 17.0. The SMILES string of the molecule is CC(C)C(CCO)NC(=O)c1nc(N2CCCC2)ncc1Cl. The monoisotopic (exact) mass is 326 g/mol. The van der Waals surface area contributed by atoms with Crippen molar-refractivity contribution < 1.29 is 9.90 Å². The molecule has 0 aromatic carbocycles. The molecule has 2 rings (SSSR count). The van der Waals surface area contributed by atoms with Crippen molar-refractivity contribution >= 4 is 23.5 Å². The number of halogens is 1. The van der Waals surface area contributed by atoms with E-state index in [-0.39, 0.29) is 35.2 Å². The van der Waals surface area contributed by atoms with Crippen molar-refractivity contribution in [1.29, 1.82) is 0 Å². The number of aromatic nitrogens is 2. The molecule has 1 aliphatic rings. The van der Waals surface area contributed by atoms with Crippen LogP contribution in [0.3, 0.4) is 0 Å². The summed E-state index contributed by atoms with van der Waals surface area (Å²) in [5.41, 5.74) is 0.196. The minimum atomic E-state index is -0.319. The van der Waals surface area contributed by atoms with Gasteiger partial charge in [-0.3, -0.25) is 4.79 Å². The van der Waals surface area contributed by atoms with Crippen molar-refractivity contribution in [3.63, 3.8) is 0 Å². The maximum Gasteiger partial charge on any atom is 0.271 e. The summed E-state index contributed by atoms with van der Waals surface area (Å²) in [6, 6.07) is -0.112. The van der Waals surface area contributed by atoms with Crippen LogP contribution < -0.4 is 10.2 Å². The Morgan fingerprint density at radius 1 is 1.45 bits per heavy atom. The third-order valence-electron chi connectivity index (χ3n) is 3.90. The van der Waals surface area contributed by atoms with Crippen LogP contribution in [0.5, 0.6) is 0 Å². The smallest absolute Gasteiger partial charge is 0.271 e.